The fraction of sp³-hybridized carbons (Fsp3) is 0.462. The molecule has 5 heteroatoms. The Hall–Kier alpha value is -1.59. The standard InChI is InChI=1S/C13H17N3O2/c1-8(14)6-16-13-9(5-15-16)2-3-12-11(13)4-10(7-17)18-12/h2-3,5,8,10,17H,4,6-7,14H2,1H3/t8-,10?/m0/s1. The molecule has 18 heavy (non-hydrogen) atoms. The number of nitrogens with zero attached hydrogens (tertiary/aromatic N) is 2. The molecule has 3 N–H and O–H groups in total. The van der Waals surface area contributed by atoms with Gasteiger partial charge in [-0.05, 0) is 19.1 Å². The number of hydrogen-bond donors (Lipinski definition) is 2. The molecular weight excluding hydrogens is 230 g/mol. The molecule has 1 aromatic heterocycles. The first kappa shape index (κ1) is 11.5. The number of ether oxygens (including phenoxy) is 1. The number of benzene rings is 1. The summed E-state index contributed by atoms with van der Waals surface area (Å²) in [5, 5.41) is 14.7. The fourth-order valence-corrected chi connectivity index (χ4v) is 2.50. The Morgan fingerprint density at radius 3 is 3.17 bits per heavy atom. The van der Waals surface area contributed by atoms with Crippen LogP contribution in [0.5, 0.6) is 5.75 Å². The SMILES string of the molecule is C[C@H](N)Cn1ncc2ccc3c(c21)CC(CO)O3. The second-order valence-electron chi connectivity index (χ2n) is 4.91. The van der Waals surface area contributed by atoms with Gasteiger partial charge in [0.25, 0.3) is 0 Å². The summed E-state index contributed by atoms with van der Waals surface area (Å²) in [7, 11) is 0. The van der Waals surface area contributed by atoms with Gasteiger partial charge >= 0.3 is 0 Å². The van der Waals surface area contributed by atoms with E-state index in [0.29, 0.717) is 6.54 Å². The number of aromatic nitrogens is 2. The van der Waals surface area contributed by atoms with E-state index in [1.807, 2.05) is 29.9 Å². The van der Waals surface area contributed by atoms with Crippen LogP contribution >= 0.6 is 0 Å². The summed E-state index contributed by atoms with van der Waals surface area (Å²) in [5.41, 5.74) is 8.05. The van der Waals surface area contributed by atoms with Crippen molar-refractivity contribution in [2.75, 3.05) is 6.61 Å². The van der Waals surface area contributed by atoms with Crippen molar-refractivity contribution in [1.29, 1.82) is 0 Å². The molecule has 3 rings (SSSR count). The lowest BCUT2D eigenvalue weighted by Crippen LogP contribution is -2.23. The highest BCUT2D eigenvalue weighted by atomic mass is 16.5. The molecule has 0 saturated carbocycles. The first-order chi connectivity index (χ1) is 8.69. The van der Waals surface area contributed by atoms with E-state index in [2.05, 4.69) is 5.10 Å². The van der Waals surface area contributed by atoms with Crippen LogP contribution in [0.15, 0.2) is 18.3 Å². The molecule has 0 saturated heterocycles. The summed E-state index contributed by atoms with van der Waals surface area (Å²) in [4.78, 5) is 0. The molecule has 1 unspecified atom stereocenters. The maximum atomic E-state index is 9.21. The van der Waals surface area contributed by atoms with Gasteiger partial charge < -0.3 is 15.6 Å². The number of aliphatic hydroxyl groups excluding tert-OH is 1. The van der Waals surface area contributed by atoms with E-state index in [-0.39, 0.29) is 18.8 Å². The highest BCUT2D eigenvalue weighted by molar-refractivity contribution is 5.85. The Morgan fingerprint density at radius 2 is 2.44 bits per heavy atom. The fourth-order valence-electron chi connectivity index (χ4n) is 2.50. The highest BCUT2D eigenvalue weighted by Gasteiger charge is 2.26. The van der Waals surface area contributed by atoms with Crippen molar-refractivity contribution in [2.24, 2.45) is 5.73 Å². The minimum absolute atomic E-state index is 0.0393. The molecule has 2 atom stereocenters. The minimum atomic E-state index is -0.135. The lowest BCUT2D eigenvalue weighted by Gasteiger charge is -2.08. The summed E-state index contributed by atoms with van der Waals surface area (Å²) in [5.74, 6) is 0.855. The van der Waals surface area contributed by atoms with Gasteiger partial charge in [-0.2, -0.15) is 5.10 Å². The predicted molar refractivity (Wildman–Crippen MR) is 68.6 cm³/mol. The van der Waals surface area contributed by atoms with Gasteiger partial charge in [-0.3, -0.25) is 4.68 Å². The Balaban J connectivity index is 2.11. The van der Waals surface area contributed by atoms with E-state index in [1.165, 1.54) is 0 Å². The third-order valence-corrected chi connectivity index (χ3v) is 3.26. The van der Waals surface area contributed by atoms with Crippen molar-refractivity contribution in [3.8, 4) is 5.75 Å². The van der Waals surface area contributed by atoms with Crippen molar-refractivity contribution >= 4 is 10.9 Å². The van der Waals surface area contributed by atoms with Crippen LogP contribution in [0.2, 0.25) is 0 Å². The van der Waals surface area contributed by atoms with Crippen molar-refractivity contribution < 1.29 is 9.84 Å². The normalized spacial score (nSPS) is 19.8. The van der Waals surface area contributed by atoms with Crippen LogP contribution in [0, 0.1) is 0 Å². The molecule has 0 bridgehead atoms. The van der Waals surface area contributed by atoms with Gasteiger partial charge in [-0.15, -0.1) is 0 Å². The second kappa shape index (κ2) is 4.26. The smallest absolute Gasteiger partial charge is 0.126 e. The Kier molecular flexibility index (Phi) is 2.72. The monoisotopic (exact) mass is 247 g/mol. The van der Waals surface area contributed by atoms with Gasteiger partial charge in [0.2, 0.25) is 0 Å². The predicted octanol–water partition coefficient (Wildman–Crippen LogP) is 0.679. The van der Waals surface area contributed by atoms with E-state index < -0.39 is 0 Å². The summed E-state index contributed by atoms with van der Waals surface area (Å²) in [6, 6.07) is 4.00. The van der Waals surface area contributed by atoms with Crippen molar-refractivity contribution in [3.63, 3.8) is 0 Å². The molecule has 0 spiro atoms. The highest BCUT2D eigenvalue weighted by Crippen LogP contribution is 2.34. The van der Waals surface area contributed by atoms with Crippen LogP contribution in [-0.2, 0) is 13.0 Å². The van der Waals surface area contributed by atoms with Gasteiger partial charge in [0, 0.05) is 23.4 Å². The Morgan fingerprint density at radius 1 is 1.61 bits per heavy atom. The van der Waals surface area contributed by atoms with Crippen molar-refractivity contribution in [2.45, 2.75) is 32.0 Å². The Bertz CT molecular complexity index is 577. The van der Waals surface area contributed by atoms with Crippen molar-refractivity contribution in [3.05, 3.63) is 23.9 Å². The van der Waals surface area contributed by atoms with Gasteiger partial charge in [-0.1, -0.05) is 0 Å². The van der Waals surface area contributed by atoms with Gasteiger partial charge in [-0.25, -0.2) is 0 Å². The zero-order valence-corrected chi connectivity index (χ0v) is 10.3. The number of nitrogens with two attached hydrogens (primary N) is 1. The first-order valence-electron chi connectivity index (χ1n) is 6.19. The summed E-state index contributed by atoms with van der Waals surface area (Å²) >= 11 is 0. The molecule has 0 fully saturated rings. The molecule has 1 aliphatic rings. The Labute approximate surface area is 105 Å². The van der Waals surface area contributed by atoms with Gasteiger partial charge in [0.05, 0.1) is 24.9 Å². The van der Waals surface area contributed by atoms with E-state index in [4.69, 9.17) is 10.5 Å². The maximum Gasteiger partial charge on any atom is 0.126 e. The number of rotatable bonds is 3. The topological polar surface area (TPSA) is 73.3 Å². The third-order valence-electron chi connectivity index (χ3n) is 3.26. The van der Waals surface area contributed by atoms with Crippen LogP contribution in [0.25, 0.3) is 10.9 Å². The molecular formula is C13H17N3O2. The quantitative estimate of drug-likeness (QED) is 0.836. The minimum Gasteiger partial charge on any atom is -0.487 e. The molecule has 0 radical (unpaired) electrons. The molecule has 96 valence electrons. The summed E-state index contributed by atoms with van der Waals surface area (Å²) < 4.78 is 7.60. The molecule has 2 heterocycles. The van der Waals surface area contributed by atoms with Crippen molar-refractivity contribution in [1.82, 2.24) is 9.78 Å². The van der Waals surface area contributed by atoms with E-state index in [0.717, 1.165) is 28.6 Å². The first-order valence-corrected chi connectivity index (χ1v) is 6.19. The molecule has 5 nitrogen and oxygen atoms in total. The molecule has 1 aliphatic heterocycles. The van der Waals surface area contributed by atoms with E-state index in [9.17, 15) is 5.11 Å². The zero-order chi connectivity index (χ0) is 12.7. The van der Waals surface area contributed by atoms with Gasteiger partial charge in [0.15, 0.2) is 0 Å². The number of aliphatic hydroxyl groups is 1. The maximum absolute atomic E-state index is 9.21. The van der Waals surface area contributed by atoms with Crippen LogP contribution in [-0.4, -0.2) is 33.6 Å². The number of hydrogen-bond acceptors (Lipinski definition) is 4. The molecule has 0 aliphatic carbocycles. The average molecular weight is 247 g/mol. The largest absolute Gasteiger partial charge is 0.487 e. The lowest BCUT2D eigenvalue weighted by molar-refractivity contribution is 0.134. The van der Waals surface area contributed by atoms with Crippen LogP contribution in [0.4, 0.5) is 0 Å². The van der Waals surface area contributed by atoms with Crippen LogP contribution in [0.1, 0.15) is 12.5 Å². The molecule has 1 aromatic carbocycles. The zero-order valence-electron chi connectivity index (χ0n) is 10.3. The molecule has 0 amide bonds. The summed E-state index contributed by atoms with van der Waals surface area (Å²) in [6.45, 7) is 2.69. The van der Waals surface area contributed by atoms with E-state index >= 15 is 0 Å². The second-order valence-corrected chi connectivity index (χ2v) is 4.91. The third kappa shape index (κ3) is 1.76. The number of fused-ring (bicyclic) bond motifs is 3. The lowest BCUT2D eigenvalue weighted by atomic mass is 10.1. The summed E-state index contributed by atoms with van der Waals surface area (Å²) in [6.07, 6.45) is 2.45. The van der Waals surface area contributed by atoms with Crippen LogP contribution in [0.3, 0.4) is 0 Å². The van der Waals surface area contributed by atoms with Crippen LogP contribution < -0.4 is 10.5 Å². The van der Waals surface area contributed by atoms with E-state index in [1.54, 1.807) is 0 Å². The molecule has 2 aromatic rings. The van der Waals surface area contributed by atoms with Gasteiger partial charge in [0.1, 0.15) is 11.9 Å². The average Bonchev–Trinajstić information content (AvgIpc) is 2.91.